The number of rotatable bonds is 38. The summed E-state index contributed by atoms with van der Waals surface area (Å²) in [5, 5.41) is 55.0. The molecule has 8 unspecified atom stereocenters. The van der Waals surface area contributed by atoms with Crippen LogP contribution >= 0.6 is 0 Å². The van der Waals surface area contributed by atoms with E-state index in [2.05, 4.69) is 47.7 Å². The van der Waals surface area contributed by atoms with Crippen molar-refractivity contribution in [3.05, 3.63) is 36.5 Å². The predicted molar refractivity (Wildman–Crippen MR) is 233 cm³/mol. The molecule has 0 aliphatic carbocycles. The summed E-state index contributed by atoms with van der Waals surface area (Å²) in [4.78, 5) is 13.1. The fourth-order valence-corrected chi connectivity index (χ4v) is 7.60. The molecule has 1 aliphatic rings. The number of carbonyl (C=O) groups excluding carboxylic acids is 1. The molecule has 0 bridgehead atoms. The van der Waals surface area contributed by atoms with E-state index in [4.69, 9.17) is 14.0 Å². The lowest BCUT2D eigenvalue weighted by Crippen LogP contribution is -2.61. The van der Waals surface area contributed by atoms with E-state index in [9.17, 15) is 38.7 Å². The Morgan fingerprint density at radius 1 is 0.678 bits per heavy atom. The van der Waals surface area contributed by atoms with E-state index in [1.807, 2.05) is 0 Å². The van der Waals surface area contributed by atoms with E-state index >= 15 is 0 Å². The quantitative estimate of drug-likeness (QED) is 0.0181. The van der Waals surface area contributed by atoms with Gasteiger partial charge in [-0.2, -0.15) is 8.42 Å². The molecular weight excluding hydrogens is 779 g/mol. The van der Waals surface area contributed by atoms with Gasteiger partial charge in [-0.05, 0) is 38.5 Å². The number of unbranched alkanes of at least 4 members (excludes halogenated alkanes) is 21. The summed E-state index contributed by atoms with van der Waals surface area (Å²) in [7, 11) is -5.12. The van der Waals surface area contributed by atoms with Crippen molar-refractivity contribution in [3.8, 4) is 0 Å². The van der Waals surface area contributed by atoms with Crippen LogP contribution in [-0.4, -0.2) is 107 Å². The molecule has 0 radical (unpaired) electrons. The molecule has 0 spiro atoms. The Hall–Kier alpha value is -1.72. The topological polar surface area (TPSA) is 212 Å². The Morgan fingerprint density at radius 2 is 1.14 bits per heavy atom. The molecule has 59 heavy (non-hydrogen) atoms. The molecule has 346 valence electrons. The van der Waals surface area contributed by atoms with E-state index < -0.39 is 78.5 Å². The van der Waals surface area contributed by atoms with Gasteiger partial charge in [0.15, 0.2) is 6.29 Å². The maximum absolute atomic E-state index is 13.1. The highest BCUT2D eigenvalue weighted by molar-refractivity contribution is 7.80. The molecule has 14 heteroatoms. The number of aliphatic hydroxyl groups excluding tert-OH is 5. The lowest BCUT2D eigenvalue weighted by molar-refractivity contribution is -0.298. The van der Waals surface area contributed by atoms with Gasteiger partial charge in [0.2, 0.25) is 5.91 Å². The molecule has 1 fully saturated rings. The number of allylic oxidation sites excluding steroid dienone is 5. The molecule has 13 nitrogen and oxygen atoms in total. The lowest BCUT2D eigenvalue weighted by atomic mass is 9.99. The first-order chi connectivity index (χ1) is 28.4. The van der Waals surface area contributed by atoms with E-state index in [1.165, 1.54) is 102 Å². The number of amides is 1. The van der Waals surface area contributed by atoms with Gasteiger partial charge < -0.3 is 40.3 Å². The zero-order valence-corrected chi connectivity index (χ0v) is 37.2. The summed E-state index contributed by atoms with van der Waals surface area (Å²) in [6.07, 6.45) is 29.6. The first-order valence-electron chi connectivity index (χ1n) is 23.0. The maximum Gasteiger partial charge on any atom is 0.397 e. The third-order valence-corrected chi connectivity index (χ3v) is 11.2. The number of ether oxygens (including phenoxy) is 2. The minimum atomic E-state index is -5.12. The van der Waals surface area contributed by atoms with E-state index in [0.717, 1.165) is 51.4 Å². The molecule has 0 aromatic carbocycles. The zero-order chi connectivity index (χ0) is 43.6. The molecule has 1 aliphatic heterocycles. The lowest BCUT2D eigenvalue weighted by Gasteiger charge is -2.41. The number of hydrogen-bond acceptors (Lipinski definition) is 11. The van der Waals surface area contributed by atoms with Gasteiger partial charge in [-0.25, -0.2) is 4.18 Å². The summed E-state index contributed by atoms with van der Waals surface area (Å²) in [5.74, 6) is -0.717. The summed E-state index contributed by atoms with van der Waals surface area (Å²) >= 11 is 0. The van der Waals surface area contributed by atoms with Gasteiger partial charge in [0, 0.05) is 0 Å². The van der Waals surface area contributed by atoms with Gasteiger partial charge in [-0.15, -0.1) is 0 Å². The number of nitrogens with one attached hydrogen (secondary N) is 1. The fraction of sp³-hybridized carbons (Fsp3) is 0.844. The average Bonchev–Trinajstić information content (AvgIpc) is 3.20. The van der Waals surface area contributed by atoms with Gasteiger partial charge in [-0.1, -0.05) is 179 Å². The van der Waals surface area contributed by atoms with Crippen molar-refractivity contribution in [2.45, 2.75) is 230 Å². The SMILES string of the molecule is CCC/C=C/CC/C=C/CC/C=C/C(O)C(COC1OC(CO)C(O)C(OS(=O)(=O)O)C1O)NC(=O)C(O)CCCCCCCCCCCCCCCCCCCCC. The molecule has 1 heterocycles. The molecule has 7 N–H and O–H groups in total. The van der Waals surface area contributed by atoms with Crippen LogP contribution in [0.3, 0.4) is 0 Å². The van der Waals surface area contributed by atoms with Crippen molar-refractivity contribution >= 4 is 16.3 Å². The number of aliphatic hydroxyl groups is 5. The van der Waals surface area contributed by atoms with Crippen LogP contribution in [0.25, 0.3) is 0 Å². The van der Waals surface area contributed by atoms with Gasteiger partial charge in [0.1, 0.15) is 30.5 Å². The highest BCUT2D eigenvalue weighted by Gasteiger charge is 2.48. The summed E-state index contributed by atoms with van der Waals surface area (Å²) in [6.45, 7) is 3.11. The highest BCUT2D eigenvalue weighted by Crippen LogP contribution is 2.26. The fourth-order valence-electron chi connectivity index (χ4n) is 7.09. The largest absolute Gasteiger partial charge is 0.397 e. The molecule has 1 saturated heterocycles. The van der Waals surface area contributed by atoms with Crippen molar-refractivity contribution < 1.29 is 57.0 Å². The van der Waals surface area contributed by atoms with Crippen molar-refractivity contribution in [3.63, 3.8) is 0 Å². The minimum absolute atomic E-state index is 0.236. The smallest absolute Gasteiger partial charge is 0.394 e. The first-order valence-corrected chi connectivity index (χ1v) is 24.3. The van der Waals surface area contributed by atoms with Crippen LogP contribution in [0, 0.1) is 0 Å². The molecular formula is C45H83NO12S. The van der Waals surface area contributed by atoms with Crippen LogP contribution in [0.2, 0.25) is 0 Å². The number of hydrogen-bond donors (Lipinski definition) is 7. The first kappa shape index (κ1) is 55.3. The van der Waals surface area contributed by atoms with E-state index in [1.54, 1.807) is 6.08 Å². The summed E-state index contributed by atoms with van der Waals surface area (Å²) < 4.78 is 47.4. The van der Waals surface area contributed by atoms with Gasteiger partial charge in [0.25, 0.3) is 0 Å². The Bertz CT molecular complexity index is 1220. The van der Waals surface area contributed by atoms with Crippen LogP contribution < -0.4 is 5.32 Å². The Kier molecular flexibility index (Phi) is 33.6. The second-order valence-corrected chi connectivity index (χ2v) is 17.2. The minimum Gasteiger partial charge on any atom is -0.394 e. The van der Waals surface area contributed by atoms with Crippen molar-refractivity contribution in [2.75, 3.05) is 13.2 Å². The third-order valence-electron chi connectivity index (χ3n) is 10.7. The van der Waals surface area contributed by atoms with Crippen molar-refractivity contribution in [1.82, 2.24) is 5.32 Å². The van der Waals surface area contributed by atoms with E-state index in [-0.39, 0.29) is 6.42 Å². The second-order valence-electron chi connectivity index (χ2n) is 16.1. The zero-order valence-electron chi connectivity index (χ0n) is 36.4. The van der Waals surface area contributed by atoms with Crippen molar-refractivity contribution in [1.29, 1.82) is 0 Å². The van der Waals surface area contributed by atoms with Gasteiger partial charge in [0.05, 0.1) is 25.4 Å². The maximum atomic E-state index is 13.1. The monoisotopic (exact) mass is 862 g/mol. The molecule has 0 aromatic heterocycles. The molecule has 0 saturated carbocycles. The van der Waals surface area contributed by atoms with Gasteiger partial charge in [-0.3, -0.25) is 9.35 Å². The molecule has 1 rings (SSSR count). The second kappa shape index (κ2) is 35.8. The molecule has 1 amide bonds. The van der Waals surface area contributed by atoms with Gasteiger partial charge >= 0.3 is 10.4 Å². The van der Waals surface area contributed by atoms with Crippen LogP contribution in [0.1, 0.15) is 181 Å². The van der Waals surface area contributed by atoms with E-state index in [0.29, 0.717) is 12.8 Å². The average molecular weight is 862 g/mol. The summed E-state index contributed by atoms with van der Waals surface area (Å²) in [5.41, 5.74) is 0. The van der Waals surface area contributed by atoms with Crippen LogP contribution in [0.15, 0.2) is 36.5 Å². The Morgan fingerprint density at radius 3 is 1.59 bits per heavy atom. The van der Waals surface area contributed by atoms with Crippen molar-refractivity contribution in [2.24, 2.45) is 0 Å². The normalized spacial score (nSPS) is 21.8. The van der Waals surface area contributed by atoms with Crippen LogP contribution in [0.4, 0.5) is 0 Å². The van der Waals surface area contributed by atoms with Crippen LogP contribution in [0.5, 0.6) is 0 Å². The van der Waals surface area contributed by atoms with Crippen LogP contribution in [-0.2, 0) is 28.9 Å². The highest BCUT2D eigenvalue weighted by atomic mass is 32.3. The number of carbonyl (C=O) groups is 1. The molecule has 0 aromatic rings. The standard InChI is InChI=1S/C45H83NO12S/c1-3-5-7-9-11-13-15-16-17-18-19-20-21-22-24-26-28-30-32-34-39(49)44(52)46-37(38(48)33-31-29-27-25-23-14-12-10-8-6-4-2)36-56-45-42(51)43(58-59(53,54)55)41(50)40(35-47)57-45/h8,10,23,25,31,33,37-43,45,47-51H,3-7,9,11-22,24,26-30,32,34-36H2,1-2H3,(H,46,52)(H,53,54,55)/b10-8+,25-23+,33-31+. The summed E-state index contributed by atoms with van der Waals surface area (Å²) in [6, 6.07) is -1.14. The Labute approximate surface area is 357 Å². The molecule has 8 atom stereocenters. The Balaban J connectivity index is 2.54. The predicted octanol–water partition coefficient (Wildman–Crippen LogP) is 7.69. The third kappa shape index (κ3) is 28.5.